The third kappa shape index (κ3) is 5.47. The summed E-state index contributed by atoms with van der Waals surface area (Å²) in [5, 5.41) is 0.763. The predicted octanol–water partition coefficient (Wildman–Crippen LogP) is 4.89. The van der Waals surface area contributed by atoms with E-state index < -0.39 is 16.6 Å². The van der Waals surface area contributed by atoms with E-state index in [-0.39, 0.29) is 16.7 Å². The number of rotatable bonds is 9. The standard InChI is InChI=1S/C24H27F2N3O4S2/c25-23(26)33-18-7-5-17(6-8-18)16-34-24-27-21-14-20(35(30,31)28-11-1-2-12-28)9-10-22(21)29(24)15-19-4-3-13-32-19/h5-10,14,19,23H,1-4,11-13,15-16H2/t19-/m0/s1. The van der Waals surface area contributed by atoms with Crippen molar-refractivity contribution in [2.24, 2.45) is 0 Å². The minimum Gasteiger partial charge on any atom is -0.435 e. The van der Waals surface area contributed by atoms with Gasteiger partial charge in [0.15, 0.2) is 5.16 Å². The molecule has 0 radical (unpaired) electrons. The zero-order valence-electron chi connectivity index (χ0n) is 19.1. The summed E-state index contributed by atoms with van der Waals surface area (Å²) in [4.78, 5) is 5.05. The molecule has 0 spiro atoms. The molecule has 2 aromatic carbocycles. The maximum Gasteiger partial charge on any atom is 0.387 e. The SMILES string of the molecule is O=S(=O)(c1ccc2c(c1)nc(SCc1ccc(OC(F)F)cc1)n2C[C@@H]1CCCO1)N1CCCC1. The van der Waals surface area contributed by atoms with E-state index in [4.69, 9.17) is 9.72 Å². The van der Waals surface area contributed by atoms with Gasteiger partial charge in [0, 0.05) is 25.4 Å². The van der Waals surface area contributed by atoms with Crippen LogP contribution in [-0.2, 0) is 27.1 Å². The first-order valence-corrected chi connectivity index (χ1v) is 14.1. The zero-order chi connectivity index (χ0) is 24.4. The fraction of sp³-hybridized carbons (Fsp3) is 0.458. The van der Waals surface area contributed by atoms with Crippen molar-refractivity contribution in [2.45, 2.75) is 60.7 Å². The Labute approximate surface area is 207 Å². The minimum absolute atomic E-state index is 0.0885. The first-order chi connectivity index (χ1) is 16.9. The molecule has 7 nitrogen and oxygen atoms in total. The van der Waals surface area contributed by atoms with Crippen molar-refractivity contribution in [1.82, 2.24) is 13.9 Å². The second kappa shape index (κ2) is 10.4. The van der Waals surface area contributed by atoms with Gasteiger partial charge in [-0.3, -0.25) is 0 Å². The van der Waals surface area contributed by atoms with Crippen LogP contribution in [0, 0.1) is 0 Å². The molecule has 2 aliphatic rings. The summed E-state index contributed by atoms with van der Waals surface area (Å²) >= 11 is 1.52. The van der Waals surface area contributed by atoms with Gasteiger partial charge in [-0.25, -0.2) is 13.4 Å². The van der Waals surface area contributed by atoms with Crippen molar-refractivity contribution in [3.8, 4) is 5.75 Å². The minimum atomic E-state index is -3.54. The molecule has 0 saturated carbocycles. The van der Waals surface area contributed by atoms with Crippen molar-refractivity contribution < 1.29 is 26.7 Å². The van der Waals surface area contributed by atoms with Crippen LogP contribution in [0.1, 0.15) is 31.2 Å². The number of alkyl halides is 2. The van der Waals surface area contributed by atoms with Gasteiger partial charge in [0.1, 0.15) is 5.75 Å². The molecular weight excluding hydrogens is 496 g/mol. The number of thioether (sulfide) groups is 1. The molecule has 0 unspecified atom stereocenters. The molecular formula is C24H27F2N3O4S2. The van der Waals surface area contributed by atoms with Gasteiger partial charge in [0.2, 0.25) is 10.0 Å². The van der Waals surface area contributed by atoms with E-state index >= 15 is 0 Å². The lowest BCUT2D eigenvalue weighted by Gasteiger charge is -2.16. The van der Waals surface area contributed by atoms with Crippen LogP contribution in [0.15, 0.2) is 52.5 Å². The highest BCUT2D eigenvalue weighted by molar-refractivity contribution is 7.98. The molecule has 1 atom stereocenters. The molecule has 0 amide bonds. The summed E-state index contributed by atoms with van der Waals surface area (Å²) < 4.78 is 64.8. The lowest BCUT2D eigenvalue weighted by molar-refractivity contribution is -0.0498. The zero-order valence-corrected chi connectivity index (χ0v) is 20.7. The van der Waals surface area contributed by atoms with Crippen LogP contribution >= 0.6 is 11.8 Å². The summed E-state index contributed by atoms with van der Waals surface area (Å²) in [5.41, 5.74) is 2.43. The number of ether oxygens (including phenoxy) is 2. The molecule has 2 fully saturated rings. The van der Waals surface area contributed by atoms with Crippen molar-refractivity contribution in [3.05, 3.63) is 48.0 Å². The lowest BCUT2D eigenvalue weighted by Crippen LogP contribution is -2.27. The van der Waals surface area contributed by atoms with Crippen LogP contribution in [0.4, 0.5) is 8.78 Å². The number of sulfonamides is 1. The Balaban J connectivity index is 1.41. The maximum absolute atomic E-state index is 13.1. The number of imidazole rings is 1. The van der Waals surface area contributed by atoms with E-state index in [0.29, 0.717) is 30.9 Å². The quantitative estimate of drug-likeness (QED) is 0.372. The highest BCUT2D eigenvalue weighted by Crippen LogP contribution is 2.31. The largest absolute Gasteiger partial charge is 0.435 e. The van der Waals surface area contributed by atoms with Gasteiger partial charge in [-0.15, -0.1) is 0 Å². The molecule has 3 aromatic rings. The topological polar surface area (TPSA) is 73.7 Å². The monoisotopic (exact) mass is 523 g/mol. The second-order valence-electron chi connectivity index (χ2n) is 8.71. The first kappa shape index (κ1) is 24.5. The smallest absolute Gasteiger partial charge is 0.387 e. The third-order valence-corrected chi connectivity index (χ3v) is 9.26. The Hall–Kier alpha value is -2.21. The maximum atomic E-state index is 13.1. The molecule has 1 aromatic heterocycles. The van der Waals surface area contributed by atoms with Gasteiger partial charge >= 0.3 is 6.61 Å². The predicted molar refractivity (Wildman–Crippen MR) is 129 cm³/mol. The number of aromatic nitrogens is 2. The number of nitrogens with zero attached hydrogens (tertiary/aromatic N) is 3. The molecule has 3 heterocycles. The number of halogens is 2. The van der Waals surface area contributed by atoms with E-state index in [2.05, 4.69) is 9.30 Å². The molecule has 188 valence electrons. The fourth-order valence-electron chi connectivity index (χ4n) is 4.52. The first-order valence-electron chi connectivity index (χ1n) is 11.7. The average molecular weight is 524 g/mol. The Morgan fingerprint density at radius 1 is 1.11 bits per heavy atom. The Kier molecular flexibility index (Phi) is 7.29. The molecule has 2 saturated heterocycles. The molecule has 35 heavy (non-hydrogen) atoms. The molecule has 5 rings (SSSR count). The Morgan fingerprint density at radius 3 is 2.57 bits per heavy atom. The average Bonchev–Trinajstić information content (AvgIpc) is 3.61. The second-order valence-corrected chi connectivity index (χ2v) is 11.6. The highest BCUT2D eigenvalue weighted by Gasteiger charge is 2.28. The highest BCUT2D eigenvalue weighted by atomic mass is 32.2. The number of fused-ring (bicyclic) bond motifs is 1. The molecule has 11 heteroatoms. The van der Waals surface area contributed by atoms with Crippen LogP contribution in [0.5, 0.6) is 5.75 Å². The van der Waals surface area contributed by atoms with E-state index in [9.17, 15) is 17.2 Å². The van der Waals surface area contributed by atoms with E-state index in [1.807, 2.05) is 6.07 Å². The van der Waals surface area contributed by atoms with E-state index in [0.717, 1.165) is 48.5 Å². The van der Waals surface area contributed by atoms with Crippen molar-refractivity contribution >= 4 is 32.8 Å². The lowest BCUT2D eigenvalue weighted by atomic mass is 10.2. The molecule has 2 aliphatic heterocycles. The van der Waals surface area contributed by atoms with Crippen LogP contribution in [0.3, 0.4) is 0 Å². The van der Waals surface area contributed by atoms with Gasteiger partial charge in [-0.05, 0) is 61.6 Å². The Bertz CT molecular complexity index is 1270. The van der Waals surface area contributed by atoms with Crippen molar-refractivity contribution in [3.63, 3.8) is 0 Å². The fourth-order valence-corrected chi connectivity index (χ4v) is 7.04. The molecule has 0 aliphatic carbocycles. The summed E-state index contributed by atoms with van der Waals surface area (Å²) in [6, 6.07) is 11.7. The van der Waals surface area contributed by atoms with Crippen molar-refractivity contribution in [2.75, 3.05) is 19.7 Å². The normalized spacial score (nSPS) is 19.2. The van der Waals surface area contributed by atoms with Gasteiger partial charge in [0.25, 0.3) is 0 Å². The van der Waals surface area contributed by atoms with Crippen LogP contribution in [-0.4, -0.2) is 54.7 Å². The molecule has 0 N–H and O–H groups in total. The van der Waals surface area contributed by atoms with Gasteiger partial charge in [-0.2, -0.15) is 13.1 Å². The Morgan fingerprint density at radius 2 is 1.89 bits per heavy atom. The van der Waals surface area contributed by atoms with Crippen molar-refractivity contribution in [1.29, 1.82) is 0 Å². The van der Waals surface area contributed by atoms with Gasteiger partial charge in [0.05, 0.1) is 28.6 Å². The van der Waals surface area contributed by atoms with Crippen LogP contribution in [0.2, 0.25) is 0 Å². The summed E-state index contributed by atoms with van der Waals surface area (Å²) in [6.07, 6.45) is 3.84. The van der Waals surface area contributed by atoms with Crippen LogP contribution < -0.4 is 4.74 Å². The van der Waals surface area contributed by atoms with Gasteiger partial charge < -0.3 is 14.0 Å². The van der Waals surface area contributed by atoms with E-state index in [1.165, 1.54) is 28.2 Å². The van der Waals surface area contributed by atoms with E-state index in [1.54, 1.807) is 24.3 Å². The summed E-state index contributed by atoms with van der Waals surface area (Å²) in [5.74, 6) is 0.689. The van der Waals surface area contributed by atoms with Crippen LogP contribution in [0.25, 0.3) is 11.0 Å². The third-order valence-electron chi connectivity index (χ3n) is 6.31. The van der Waals surface area contributed by atoms with Gasteiger partial charge in [-0.1, -0.05) is 23.9 Å². The molecule has 0 bridgehead atoms. The number of hydrogen-bond donors (Lipinski definition) is 0. The number of benzene rings is 2. The number of hydrogen-bond acceptors (Lipinski definition) is 6. The summed E-state index contributed by atoms with van der Waals surface area (Å²) in [7, 11) is -3.54. The summed E-state index contributed by atoms with van der Waals surface area (Å²) in [6.45, 7) is -0.373.